The molecule has 1 rings (SSSR count). The molecule has 0 aliphatic rings. The Morgan fingerprint density at radius 3 is 2.61 bits per heavy atom. The molecule has 0 amide bonds. The number of aliphatic hydroxyl groups is 1. The predicted octanol–water partition coefficient (Wildman–Crippen LogP) is 3.30. The molecule has 102 valence electrons. The molecule has 1 aromatic carbocycles. The molecule has 4 heteroatoms. The molecule has 0 heterocycles. The van der Waals surface area contributed by atoms with Gasteiger partial charge < -0.3 is 14.6 Å². The Morgan fingerprint density at radius 2 is 2.00 bits per heavy atom. The smallest absolute Gasteiger partial charge is 0.127 e. The van der Waals surface area contributed by atoms with Crippen LogP contribution in [0, 0.1) is 12.8 Å². The maximum atomic E-state index is 9.31. The van der Waals surface area contributed by atoms with Crippen LogP contribution in [0.4, 0.5) is 0 Å². The van der Waals surface area contributed by atoms with Gasteiger partial charge in [0.05, 0.1) is 13.2 Å². The van der Waals surface area contributed by atoms with Crippen LogP contribution in [0.2, 0.25) is 0 Å². The molecule has 0 atom stereocenters. The van der Waals surface area contributed by atoms with Crippen molar-refractivity contribution in [3.8, 4) is 5.75 Å². The molecule has 0 aliphatic carbocycles. The second kappa shape index (κ2) is 7.77. The Kier molecular flexibility index (Phi) is 6.68. The Balaban J connectivity index is 2.51. The average Bonchev–Trinajstić information content (AvgIpc) is 2.30. The van der Waals surface area contributed by atoms with Gasteiger partial charge in [0.25, 0.3) is 0 Å². The van der Waals surface area contributed by atoms with Gasteiger partial charge in [0.1, 0.15) is 12.4 Å². The number of halogens is 1. The SMILES string of the molecule is Cc1cc(Br)cc(CO)c1OCCOCC(C)C. The topological polar surface area (TPSA) is 38.7 Å². The molecule has 0 aliphatic heterocycles. The van der Waals surface area contributed by atoms with Crippen LogP contribution in [-0.4, -0.2) is 24.9 Å². The van der Waals surface area contributed by atoms with Crippen molar-refractivity contribution >= 4 is 15.9 Å². The molecular formula is C14H21BrO3. The van der Waals surface area contributed by atoms with E-state index < -0.39 is 0 Å². The summed E-state index contributed by atoms with van der Waals surface area (Å²) in [6, 6.07) is 3.85. The summed E-state index contributed by atoms with van der Waals surface area (Å²) in [5.74, 6) is 1.29. The number of aliphatic hydroxyl groups excluding tert-OH is 1. The van der Waals surface area contributed by atoms with Gasteiger partial charge in [0.2, 0.25) is 0 Å². The lowest BCUT2D eigenvalue weighted by molar-refractivity contribution is 0.0810. The van der Waals surface area contributed by atoms with Crippen molar-refractivity contribution < 1.29 is 14.6 Å². The number of hydrogen-bond donors (Lipinski definition) is 1. The van der Waals surface area contributed by atoms with Gasteiger partial charge in [0.15, 0.2) is 0 Å². The lowest BCUT2D eigenvalue weighted by Crippen LogP contribution is -2.11. The fourth-order valence-electron chi connectivity index (χ4n) is 1.64. The second-order valence-electron chi connectivity index (χ2n) is 4.69. The molecular weight excluding hydrogens is 296 g/mol. The van der Waals surface area contributed by atoms with Crippen LogP contribution in [0.25, 0.3) is 0 Å². The number of benzene rings is 1. The zero-order valence-electron chi connectivity index (χ0n) is 11.2. The maximum Gasteiger partial charge on any atom is 0.127 e. The highest BCUT2D eigenvalue weighted by Gasteiger charge is 2.08. The molecule has 3 nitrogen and oxygen atoms in total. The van der Waals surface area contributed by atoms with Crippen molar-refractivity contribution in [3.05, 3.63) is 27.7 Å². The van der Waals surface area contributed by atoms with Crippen molar-refractivity contribution in [3.63, 3.8) is 0 Å². The van der Waals surface area contributed by atoms with E-state index in [2.05, 4.69) is 29.8 Å². The third-order valence-electron chi connectivity index (χ3n) is 2.41. The average molecular weight is 317 g/mol. The largest absolute Gasteiger partial charge is 0.491 e. The summed E-state index contributed by atoms with van der Waals surface area (Å²) in [7, 11) is 0. The summed E-state index contributed by atoms with van der Waals surface area (Å²) in [4.78, 5) is 0. The number of rotatable bonds is 7. The highest BCUT2D eigenvalue weighted by molar-refractivity contribution is 9.10. The molecule has 0 saturated heterocycles. The molecule has 0 radical (unpaired) electrons. The molecule has 1 aromatic rings. The Bertz CT molecular complexity index is 378. The zero-order valence-corrected chi connectivity index (χ0v) is 12.8. The fraction of sp³-hybridized carbons (Fsp3) is 0.571. The highest BCUT2D eigenvalue weighted by atomic mass is 79.9. The number of hydrogen-bond acceptors (Lipinski definition) is 3. The first kappa shape index (κ1) is 15.5. The van der Waals surface area contributed by atoms with Crippen LogP contribution in [0.3, 0.4) is 0 Å². The summed E-state index contributed by atoms with van der Waals surface area (Å²) >= 11 is 3.41. The fourth-order valence-corrected chi connectivity index (χ4v) is 2.26. The van der Waals surface area contributed by atoms with Gasteiger partial charge in [-0.3, -0.25) is 0 Å². The van der Waals surface area contributed by atoms with Crippen LogP contribution >= 0.6 is 15.9 Å². The van der Waals surface area contributed by atoms with Crippen LogP contribution in [0.15, 0.2) is 16.6 Å². The Morgan fingerprint density at radius 1 is 1.28 bits per heavy atom. The number of ether oxygens (including phenoxy) is 2. The van der Waals surface area contributed by atoms with E-state index in [1.54, 1.807) is 0 Å². The minimum absolute atomic E-state index is 0.0253. The van der Waals surface area contributed by atoms with E-state index in [4.69, 9.17) is 9.47 Å². The van der Waals surface area contributed by atoms with Crippen molar-refractivity contribution in [2.45, 2.75) is 27.4 Å². The molecule has 18 heavy (non-hydrogen) atoms. The molecule has 1 N–H and O–H groups in total. The predicted molar refractivity (Wildman–Crippen MR) is 76.0 cm³/mol. The lowest BCUT2D eigenvalue weighted by Gasteiger charge is -2.14. The molecule has 0 fully saturated rings. The van der Waals surface area contributed by atoms with E-state index in [-0.39, 0.29) is 6.61 Å². The lowest BCUT2D eigenvalue weighted by atomic mass is 10.1. The van der Waals surface area contributed by atoms with E-state index in [0.717, 1.165) is 28.0 Å². The quantitative estimate of drug-likeness (QED) is 0.784. The zero-order chi connectivity index (χ0) is 13.5. The van der Waals surface area contributed by atoms with Crippen LogP contribution in [0.1, 0.15) is 25.0 Å². The first-order valence-corrected chi connectivity index (χ1v) is 6.94. The van der Waals surface area contributed by atoms with Crippen molar-refractivity contribution in [2.24, 2.45) is 5.92 Å². The first-order valence-electron chi connectivity index (χ1n) is 6.15. The Labute approximate surface area is 117 Å². The highest BCUT2D eigenvalue weighted by Crippen LogP contribution is 2.28. The summed E-state index contributed by atoms with van der Waals surface area (Å²) in [6.07, 6.45) is 0. The van der Waals surface area contributed by atoms with E-state index in [1.165, 1.54) is 0 Å². The standard InChI is InChI=1S/C14H21BrO3/c1-10(2)9-17-4-5-18-14-11(3)6-13(15)7-12(14)8-16/h6-7,10,16H,4-5,8-9H2,1-3H3. The van der Waals surface area contributed by atoms with Gasteiger partial charge in [-0.1, -0.05) is 29.8 Å². The summed E-state index contributed by atoms with van der Waals surface area (Å²) in [5.41, 5.74) is 1.81. The summed E-state index contributed by atoms with van der Waals surface area (Å²) in [5, 5.41) is 9.31. The van der Waals surface area contributed by atoms with Crippen LogP contribution in [-0.2, 0) is 11.3 Å². The van der Waals surface area contributed by atoms with Gasteiger partial charge in [-0.15, -0.1) is 0 Å². The van der Waals surface area contributed by atoms with Crippen LogP contribution < -0.4 is 4.74 Å². The monoisotopic (exact) mass is 316 g/mol. The van der Waals surface area contributed by atoms with Gasteiger partial charge in [0, 0.05) is 16.6 Å². The van der Waals surface area contributed by atoms with Gasteiger partial charge in [-0.05, 0) is 30.5 Å². The van der Waals surface area contributed by atoms with E-state index in [9.17, 15) is 5.11 Å². The first-order chi connectivity index (χ1) is 8.54. The van der Waals surface area contributed by atoms with E-state index in [0.29, 0.717) is 19.1 Å². The normalized spacial score (nSPS) is 11.0. The Hall–Kier alpha value is -0.580. The molecule has 0 aromatic heterocycles. The summed E-state index contributed by atoms with van der Waals surface area (Å²) < 4.78 is 12.1. The van der Waals surface area contributed by atoms with Crippen LogP contribution in [0.5, 0.6) is 5.75 Å². The molecule has 0 saturated carbocycles. The summed E-state index contributed by atoms with van der Waals surface area (Å²) in [6.45, 7) is 7.99. The maximum absolute atomic E-state index is 9.31. The van der Waals surface area contributed by atoms with Gasteiger partial charge in [-0.2, -0.15) is 0 Å². The van der Waals surface area contributed by atoms with Crippen molar-refractivity contribution in [1.82, 2.24) is 0 Å². The van der Waals surface area contributed by atoms with E-state index >= 15 is 0 Å². The third-order valence-corrected chi connectivity index (χ3v) is 2.87. The molecule has 0 spiro atoms. The van der Waals surface area contributed by atoms with Gasteiger partial charge >= 0.3 is 0 Å². The minimum atomic E-state index is -0.0253. The van der Waals surface area contributed by atoms with Crippen molar-refractivity contribution in [2.75, 3.05) is 19.8 Å². The minimum Gasteiger partial charge on any atom is -0.491 e. The van der Waals surface area contributed by atoms with E-state index in [1.807, 2.05) is 19.1 Å². The third kappa shape index (κ3) is 4.96. The second-order valence-corrected chi connectivity index (χ2v) is 5.60. The van der Waals surface area contributed by atoms with Crippen molar-refractivity contribution in [1.29, 1.82) is 0 Å². The molecule has 0 unspecified atom stereocenters. The molecule has 0 bridgehead atoms. The number of aryl methyl sites for hydroxylation is 1. The van der Waals surface area contributed by atoms with Gasteiger partial charge in [-0.25, -0.2) is 0 Å².